The van der Waals surface area contributed by atoms with E-state index >= 15 is 0 Å². The van der Waals surface area contributed by atoms with E-state index < -0.39 is 6.04 Å². The van der Waals surface area contributed by atoms with Gasteiger partial charge in [0.15, 0.2) is 11.5 Å². The highest BCUT2D eigenvalue weighted by Crippen LogP contribution is 2.33. The van der Waals surface area contributed by atoms with Gasteiger partial charge in [0.25, 0.3) is 0 Å². The van der Waals surface area contributed by atoms with Gasteiger partial charge >= 0.3 is 0 Å². The fraction of sp³-hybridized carbons (Fsp3) is 0.500. The van der Waals surface area contributed by atoms with Gasteiger partial charge in [0.05, 0.1) is 20.3 Å². The van der Waals surface area contributed by atoms with E-state index in [-0.39, 0.29) is 5.91 Å². The van der Waals surface area contributed by atoms with E-state index in [1.807, 2.05) is 26.0 Å². The minimum absolute atomic E-state index is 0.140. The van der Waals surface area contributed by atoms with Crippen molar-refractivity contribution in [3.05, 3.63) is 35.9 Å². The average molecular weight is 320 g/mol. The molecule has 0 spiro atoms. The number of hydrogen-bond acceptors (Lipinski definition) is 4. The molecule has 1 amide bonds. The van der Waals surface area contributed by atoms with Crippen LogP contribution in [0, 0.1) is 5.92 Å². The lowest BCUT2D eigenvalue weighted by atomic mass is 10.0. The van der Waals surface area contributed by atoms with Gasteiger partial charge in [-0.15, -0.1) is 6.58 Å². The number of amides is 1. The van der Waals surface area contributed by atoms with Crippen molar-refractivity contribution >= 4 is 5.91 Å². The Morgan fingerprint density at radius 3 is 2.57 bits per heavy atom. The number of benzene rings is 1. The maximum atomic E-state index is 12.0. The van der Waals surface area contributed by atoms with Crippen LogP contribution in [0.5, 0.6) is 11.5 Å². The van der Waals surface area contributed by atoms with Gasteiger partial charge in [0.1, 0.15) is 0 Å². The summed E-state index contributed by atoms with van der Waals surface area (Å²) in [5.41, 5.74) is 7.80. The molecule has 0 aromatic heterocycles. The molecule has 128 valence electrons. The van der Waals surface area contributed by atoms with Crippen molar-refractivity contribution in [1.82, 2.24) is 5.32 Å². The largest absolute Gasteiger partial charge is 0.493 e. The summed E-state index contributed by atoms with van der Waals surface area (Å²) >= 11 is 0. The van der Waals surface area contributed by atoms with Crippen LogP contribution in [0.1, 0.15) is 31.4 Å². The summed E-state index contributed by atoms with van der Waals surface area (Å²) in [4.78, 5) is 12.0. The third-order valence-corrected chi connectivity index (χ3v) is 3.51. The highest BCUT2D eigenvalue weighted by atomic mass is 16.5. The van der Waals surface area contributed by atoms with Crippen LogP contribution < -0.4 is 20.5 Å². The average Bonchev–Trinajstić information content (AvgIpc) is 2.51. The van der Waals surface area contributed by atoms with Crippen molar-refractivity contribution in [1.29, 1.82) is 0 Å². The topological polar surface area (TPSA) is 73.6 Å². The molecule has 1 rings (SSSR count). The molecule has 23 heavy (non-hydrogen) atoms. The van der Waals surface area contributed by atoms with Gasteiger partial charge in [-0.2, -0.15) is 0 Å². The summed E-state index contributed by atoms with van der Waals surface area (Å²) in [5, 5.41) is 2.88. The van der Waals surface area contributed by atoms with Crippen LogP contribution in [0.2, 0.25) is 0 Å². The first-order chi connectivity index (χ1) is 10.9. The number of hydrogen-bond donors (Lipinski definition) is 2. The second-order valence-electron chi connectivity index (χ2n) is 5.94. The van der Waals surface area contributed by atoms with Crippen LogP contribution in [0.3, 0.4) is 0 Å². The SMILES string of the molecule is C=CCc1cc(CNC(=O)[C@@H](N)CC(C)C)cc(OC)c1OC. The Morgan fingerprint density at radius 2 is 2.04 bits per heavy atom. The van der Waals surface area contributed by atoms with Gasteiger partial charge in [-0.1, -0.05) is 19.9 Å². The number of nitrogens with one attached hydrogen (secondary N) is 1. The van der Waals surface area contributed by atoms with Crippen LogP contribution in [-0.4, -0.2) is 26.2 Å². The van der Waals surface area contributed by atoms with E-state index in [2.05, 4.69) is 11.9 Å². The summed E-state index contributed by atoms with van der Waals surface area (Å²) in [5.74, 6) is 1.58. The Bertz CT molecular complexity index is 541. The van der Waals surface area contributed by atoms with Crippen LogP contribution in [-0.2, 0) is 17.8 Å². The van der Waals surface area contributed by atoms with E-state index in [0.29, 0.717) is 36.8 Å². The Morgan fingerprint density at radius 1 is 1.35 bits per heavy atom. The molecule has 0 heterocycles. The molecule has 0 aliphatic rings. The predicted octanol–water partition coefficient (Wildman–Crippen LogP) is 2.42. The second-order valence-corrected chi connectivity index (χ2v) is 5.94. The molecular weight excluding hydrogens is 292 g/mol. The number of methoxy groups -OCH3 is 2. The van der Waals surface area contributed by atoms with Crippen LogP contribution >= 0.6 is 0 Å². The highest BCUT2D eigenvalue weighted by molar-refractivity contribution is 5.81. The lowest BCUT2D eigenvalue weighted by Gasteiger charge is -2.16. The summed E-state index contributed by atoms with van der Waals surface area (Å²) in [6, 6.07) is 3.36. The molecular formula is C18H28N2O3. The molecule has 0 radical (unpaired) electrons. The maximum absolute atomic E-state index is 12.0. The number of rotatable bonds is 9. The van der Waals surface area contributed by atoms with Gasteiger partial charge < -0.3 is 20.5 Å². The van der Waals surface area contributed by atoms with E-state index in [9.17, 15) is 4.79 Å². The third-order valence-electron chi connectivity index (χ3n) is 3.51. The number of carbonyl (C=O) groups is 1. The highest BCUT2D eigenvalue weighted by Gasteiger charge is 2.16. The van der Waals surface area contributed by atoms with Crippen LogP contribution in [0.15, 0.2) is 24.8 Å². The Balaban J connectivity index is 2.86. The smallest absolute Gasteiger partial charge is 0.237 e. The lowest BCUT2D eigenvalue weighted by Crippen LogP contribution is -2.41. The van der Waals surface area contributed by atoms with Gasteiger partial charge in [-0.3, -0.25) is 4.79 Å². The molecule has 5 heteroatoms. The zero-order chi connectivity index (χ0) is 17.4. The van der Waals surface area contributed by atoms with Crippen molar-refractivity contribution in [3.63, 3.8) is 0 Å². The first kappa shape index (κ1) is 19.0. The monoisotopic (exact) mass is 320 g/mol. The summed E-state index contributed by atoms with van der Waals surface area (Å²) in [6.07, 6.45) is 3.13. The van der Waals surface area contributed by atoms with Gasteiger partial charge in [0.2, 0.25) is 5.91 Å². The van der Waals surface area contributed by atoms with E-state index in [4.69, 9.17) is 15.2 Å². The first-order valence-electron chi connectivity index (χ1n) is 7.80. The summed E-state index contributed by atoms with van der Waals surface area (Å²) < 4.78 is 10.8. The van der Waals surface area contributed by atoms with Crippen molar-refractivity contribution in [2.75, 3.05) is 14.2 Å². The number of carbonyl (C=O) groups excluding carboxylic acids is 1. The minimum atomic E-state index is -0.484. The Kier molecular flexibility index (Phi) is 7.62. The quantitative estimate of drug-likeness (QED) is 0.685. The Hall–Kier alpha value is -2.01. The number of ether oxygens (including phenoxy) is 2. The molecule has 0 bridgehead atoms. The maximum Gasteiger partial charge on any atom is 0.237 e. The minimum Gasteiger partial charge on any atom is -0.493 e. The predicted molar refractivity (Wildman–Crippen MR) is 92.7 cm³/mol. The van der Waals surface area contributed by atoms with E-state index in [0.717, 1.165) is 11.1 Å². The van der Waals surface area contributed by atoms with Crippen molar-refractivity contribution in [2.45, 2.75) is 39.3 Å². The van der Waals surface area contributed by atoms with Crippen molar-refractivity contribution in [3.8, 4) is 11.5 Å². The third kappa shape index (κ3) is 5.60. The zero-order valence-corrected chi connectivity index (χ0v) is 14.5. The summed E-state index contributed by atoms with van der Waals surface area (Å²) in [7, 11) is 3.20. The standard InChI is InChI=1S/C18H28N2O3/c1-6-7-14-9-13(10-16(22-4)17(14)23-5)11-20-18(21)15(19)8-12(2)3/h6,9-10,12,15H,1,7-8,11,19H2,2-5H3,(H,20,21)/t15-/m0/s1. The lowest BCUT2D eigenvalue weighted by molar-refractivity contribution is -0.122. The summed E-state index contributed by atoms with van der Waals surface area (Å²) in [6.45, 7) is 8.25. The first-order valence-corrected chi connectivity index (χ1v) is 7.80. The molecule has 0 aliphatic carbocycles. The number of allylic oxidation sites excluding steroid dienone is 1. The van der Waals surface area contributed by atoms with Gasteiger partial charge in [-0.25, -0.2) is 0 Å². The fourth-order valence-electron chi connectivity index (χ4n) is 2.45. The fourth-order valence-corrected chi connectivity index (χ4v) is 2.45. The van der Waals surface area contributed by atoms with Gasteiger partial charge in [0, 0.05) is 12.1 Å². The van der Waals surface area contributed by atoms with Crippen LogP contribution in [0.4, 0.5) is 0 Å². The molecule has 0 unspecified atom stereocenters. The zero-order valence-electron chi connectivity index (χ0n) is 14.5. The molecule has 5 nitrogen and oxygen atoms in total. The number of nitrogens with two attached hydrogens (primary N) is 1. The molecule has 0 aliphatic heterocycles. The molecule has 0 fully saturated rings. The normalized spacial score (nSPS) is 11.9. The molecule has 1 aromatic rings. The van der Waals surface area contributed by atoms with Crippen molar-refractivity contribution in [2.24, 2.45) is 11.7 Å². The molecule has 1 aromatic carbocycles. The van der Waals surface area contributed by atoms with Crippen molar-refractivity contribution < 1.29 is 14.3 Å². The second kappa shape index (κ2) is 9.20. The van der Waals surface area contributed by atoms with E-state index in [1.54, 1.807) is 20.3 Å². The molecule has 3 N–H and O–H groups in total. The van der Waals surface area contributed by atoms with Gasteiger partial charge in [-0.05, 0) is 36.5 Å². The Labute approximate surface area is 138 Å². The molecule has 0 saturated heterocycles. The molecule has 0 saturated carbocycles. The molecule has 1 atom stereocenters. The van der Waals surface area contributed by atoms with Crippen LogP contribution in [0.25, 0.3) is 0 Å². The van der Waals surface area contributed by atoms with E-state index in [1.165, 1.54) is 0 Å².